The van der Waals surface area contributed by atoms with Crippen LogP contribution in [0.15, 0.2) is 24.3 Å². The fraction of sp³-hybridized carbons (Fsp3) is 0.400. The molecule has 2 aromatic rings. The molecule has 1 heterocycles. The first-order chi connectivity index (χ1) is 8.54. The molecule has 0 aliphatic heterocycles. The molecule has 96 valence electrons. The summed E-state index contributed by atoms with van der Waals surface area (Å²) in [5, 5.41) is 14.8. The molecular formula is C15H20N2O. The summed E-state index contributed by atoms with van der Waals surface area (Å²) in [6.45, 7) is 8.28. The standard InChI is InChI=1S/C15H20N2O/c1-5-13-14(10(2)3)16-17(15(13)18)12-8-6-11(4)7-9-12/h6-10,18H,5H2,1-4H3. The summed E-state index contributed by atoms with van der Waals surface area (Å²) in [4.78, 5) is 0. The molecule has 0 unspecified atom stereocenters. The molecule has 2 rings (SSSR count). The molecule has 0 spiro atoms. The molecule has 3 nitrogen and oxygen atoms in total. The van der Waals surface area contributed by atoms with Gasteiger partial charge in [-0.2, -0.15) is 5.10 Å². The van der Waals surface area contributed by atoms with Crippen LogP contribution in [0.5, 0.6) is 5.88 Å². The zero-order chi connectivity index (χ0) is 13.3. The highest BCUT2D eigenvalue weighted by Gasteiger charge is 2.18. The molecule has 0 fully saturated rings. The molecule has 0 saturated carbocycles. The number of aryl methyl sites for hydroxylation is 1. The van der Waals surface area contributed by atoms with E-state index in [1.165, 1.54) is 5.56 Å². The Morgan fingerprint density at radius 3 is 2.28 bits per heavy atom. The van der Waals surface area contributed by atoms with E-state index >= 15 is 0 Å². The molecule has 0 radical (unpaired) electrons. The topological polar surface area (TPSA) is 38.0 Å². The second kappa shape index (κ2) is 4.84. The number of hydrogen-bond acceptors (Lipinski definition) is 2. The monoisotopic (exact) mass is 244 g/mol. The quantitative estimate of drug-likeness (QED) is 0.896. The van der Waals surface area contributed by atoms with Crippen molar-refractivity contribution in [2.24, 2.45) is 0 Å². The van der Waals surface area contributed by atoms with Crippen LogP contribution in [-0.4, -0.2) is 14.9 Å². The highest BCUT2D eigenvalue weighted by atomic mass is 16.3. The van der Waals surface area contributed by atoms with Gasteiger partial charge in [0.2, 0.25) is 5.88 Å². The second-order valence-electron chi connectivity index (χ2n) is 4.94. The lowest BCUT2D eigenvalue weighted by molar-refractivity contribution is 0.428. The molecule has 0 saturated heterocycles. The average Bonchev–Trinajstić information content (AvgIpc) is 2.67. The van der Waals surface area contributed by atoms with Gasteiger partial charge in [-0.1, -0.05) is 38.5 Å². The van der Waals surface area contributed by atoms with Gasteiger partial charge in [0.25, 0.3) is 0 Å². The molecule has 0 atom stereocenters. The molecule has 0 bridgehead atoms. The maximum atomic E-state index is 10.3. The van der Waals surface area contributed by atoms with Gasteiger partial charge in [0.1, 0.15) is 0 Å². The van der Waals surface area contributed by atoms with E-state index in [-0.39, 0.29) is 5.88 Å². The lowest BCUT2D eigenvalue weighted by Crippen LogP contribution is -1.97. The fourth-order valence-corrected chi connectivity index (χ4v) is 2.13. The van der Waals surface area contributed by atoms with Crippen LogP contribution in [0, 0.1) is 6.92 Å². The molecule has 0 aliphatic carbocycles. The van der Waals surface area contributed by atoms with Crippen LogP contribution in [-0.2, 0) is 6.42 Å². The highest BCUT2D eigenvalue weighted by Crippen LogP contribution is 2.29. The van der Waals surface area contributed by atoms with Gasteiger partial charge >= 0.3 is 0 Å². The Morgan fingerprint density at radius 1 is 1.22 bits per heavy atom. The van der Waals surface area contributed by atoms with Crippen LogP contribution in [0.3, 0.4) is 0 Å². The van der Waals surface area contributed by atoms with Crippen molar-refractivity contribution < 1.29 is 5.11 Å². The highest BCUT2D eigenvalue weighted by molar-refractivity contribution is 5.42. The first kappa shape index (κ1) is 12.7. The molecule has 1 N–H and O–H groups in total. The molecule has 0 aliphatic rings. The number of hydrogen-bond donors (Lipinski definition) is 1. The van der Waals surface area contributed by atoms with E-state index in [0.717, 1.165) is 23.4 Å². The molecular weight excluding hydrogens is 224 g/mol. The maximum Gasteiger partial charge on any atom is 0.217 e. The fourth-order valence-electron chi connectivity index (χ4n) is 2.13. The Bertz CT molecular complexity index is 538. The van der Waals surface area contributed by atoms with Crippen LogP contribution in [0.25, 0.3) is 5.69 Å². The van der Waals surface area contributed by atoms with E-state index in [1.54, 1.807) is 4.68 Å². The van der Waals surface area contributed by atoms with Crippen LogP contribution in [0.4, 0.5) is 0 Å². The van der Waals surface area contributed by atoms with E-state index in [0.29, 0.717) is 5.92 Å². The summed E-state index contributed by atoms with van der Waals surface area (Å²) in [5.41, 5.74) is 4.03. The summed E-state index contributed by atoms with van der Waals surface area (Å²) < 4.78 is 1.63. The Hall–Kier alpha value is -1.77. The minimum atomic E-state index is 0.269. The van der Waals surface area contributed by atoms with Crippen molar-refractivity contribution in [3.05, 3.63) is 41.1 Å². The van der Waals surface area contributed by atoms with E-state index in [9.17, 15) is 5.11 Å². The summed E-state index contributed by atoms with van der Waals surface area (Å²) >= 11 is 0. The first-order valence-electron chi connectivity index (χ1n) is 6.42. The van der Waals surface area contributed by atoms with Gasteiger partial charge in [0.15, 0.2) is 0 Å². The molecule has 0 amide bonds. The van der Waals surface area contributed by atoms with Crippen LogP contribution in [0.2, 0.25) is 0 Å². The Morgan fingerprint density at radius 2 is 1.83 bits per heavy atom. The van der Waals surface area contributed by atoms with Gasteiger partial charge in [-0.15, -0.1) is 0 Å². The lowest BCUT2D eigenvalue weighted by atomic mass is 10.0. The summed E-state index contributed by atoms with van der Waals surface area (Å²) in [6.07, 6.45) is 0.797. The lowest BCUT2D eigenvalue weighted by Gasteiger charge is -2.03. The van der Waals surface area contributed by atoms with Crippen LogP contribution >= 0.6 is 0 Å². The molecule has 3 heteroatoms. The van der Waals surface area contributed by atoms with Crippen molar-refractivity contribution in [2.45, 2.75) is 40.0 Å². The predicted molar refractivity (Wildman–Crippen MR) is 73.4 cm³/mol. The van der Waals surface area contributed by atoms with Crippen molar-refractivity contribution in [1.29, 1.82) is 0 Å². The predicted octanol–water partition coefficient (Wildman–Crippen LogP) is 3.57. The molecule has 18 heavy (non-hydrogen) atoms. The van der Waals surface area contributed by atoms with Crippen LogP contribution in [0.1, 0.15) is 43.5 Å². The van der Waals surface area contributed by atoms with Gasteiger partial charge in [0.05, 0.1) is 11.4 Å². The van der Waals surface area contributed by atoms with Crippen molar-refractivity contribution in [3.8, 4) is 11.6 Å². The van der Waals surface area contributed by atoms with Crippen molar-refractivity contribution in [3.63, 3.8) is 0 Å². The summed E-state index contributed by atoms with van der Waals surface area (Å²) in [5.74, 6) is 0.586. The Kier molecular flexibility index (Phi) is 3.41. The van der Waals surface area contributed by atoms with Gasteiger partial charge in [0, 0.05) is 5.56 Å². The summed E-state index contributed by atoms with van der Waals surface area (Å²) in [6, 6.07) is 8.01. The third-order valence-electron chi connectivity index (χ3n) is 3.17. The number of aromatic hydroxyl groups is 1. The molecule has 1 aromatic carbocycles. The average molecular weight is 244 g/mol. The van der Waals surface area contributed by atoms with Gasteiger partial charge in [-0.25, -0.2) is 4.68 Å². The van der Waals surface area contributed by atoms with Gasteiger partial charge in [-0.05, 0) is 31.4 Å². The largest absolute Gasteiger partial charge is 0.493 e. The maximum absolute atomic E-state index is 10.3. The van der Waals surface area contributed by atoms with E-state index in [1.807, 2.05) is 38.1 Å². The van der Waals surface area contributed by atoms with E-state index in [2.05, 4.69) is 18.9 Å². The van der Waals surface area contributed by atoms with Crippen molar-refractivity contribution >= 4 is 0 Å². The number of aromatic nitrogens is 2. The van der Waals surface area contributed by atoms with Crippen LogP contribution < -0.4 is 0 Å². The van der Waals surface area contributed by atoms with Crippen molar-refractivity contribution in [1.82, 2.24) is 9.78 Å². The minimum absolute atomic E-state index is 0.269. The zero-order valence-electron chi connectivity index (χ0n) is 11.4. The number of nitrogens with zero attached hydrogens (tertiary/aromatic N) is 2. The smallest absolute Gasteiger partial charge is 0.217 e. The third-order valence-corrected chi connectivity index (χ3v) is 3.17. The van der Waals surface area contributed by atoms with Gasteiger partial charge < -0.3 is 5.11 Å². The third kappa shape index (κ3) is 2.13. The Labute approximate surface area is 108 Å². The normalized spacial score (nSPS) is 11.2. The summed E-state index contributed by atoms with van der Waals surface area (Å²) in [7, 11) is 0. The van der Waals surface area contributed by atoms with E-state index < -0.39 is 0 Å². The zero-order valence-corrected chi connectivity index (χ0v) is 11.4. The SMILES string of the molecule is CCc1c(C(C)C)nn(-c2ccc(C)cc2)c1O. The number of rotatable bonds is 3. The second-order valence-corrected chi connectivity index (χ2v) is 4.94. The Balaban J connectivity index is 2.55. The first-order valence-corrected chi connectivity index (χ1v) is 6.42. The van der Waals surface area contributed by atoms with E-state index in [4.69, 9.17) is 0 Å². The number of benzene rings is 1. The molecule has 1 aromatic heterocycles. The van der Waals surface area contributed by atoms with Crippen molar-refractivity contribution in [2.75, 3.05) is 0 Å². The van der Waals surface area contributed by atoms with Gasteiger partial charge in [-0.3, -0.25) is 0 Å². The minimum Gasteiger partial charge on any atom is -0.493 e.